The van der Waals surface area contributed by atoms with Crippen molar-refractivity contribution in [3.8, 4) is 17.2 Å². The Morgan fingerprint density at radius 3 is 2.88 bits per heavy atom. The summed E-state index contributed by atoms with van der Waals surface area (Å²) in [7, 11) is 3.75. The highest BCUT2D eigenvalue weighted by molar-refractivity contribution is 7.80. The van der Waals surface area contributed by atoms with Gasteiger partial charge in [0.15, 0.2) is 11.5 Å². The average Bonchev–Trinajstić information content (AvgIpc) is 3.10. The molecule has 5 nitrogen and oxygen atoms in total. The van der Waals surface area contributed by atoms with E-state index in [0.717, 1.165) is 46.3 Å². The molecule has 136 valence electrons. The zero-order chi connectivity index (χ0) is 18.3. The van der Waals surface area contributed by atoms with Crippen molar-refractivity contribution >= 4 is 22.9 Å². The minimum atomic E-state index is -0.0854. The van der Waals surface area contributed by atoms with Gasteiger partial charge in [-0.15, -0.1) is 0 Å². The van der Waals surface area contributed by atoms with Crippen LogP contribution >= 0.6 is 12.2 Å². The molecule has 0 aromatic heterocycles. The normalized spacial score (nSPS) is 18.3. The molecule has 2 aromatic rings. The SMILES string of the molecule is COc1c2c(cc3c1[C@H](C(=S)Nc1ccccc1C)N(C)CC3)OCO2. The molecule has 0 radical (unpaired) electrons. The first-order chi connectivity index (χ1) is 12.6. The van der Waals surface area contributed by atoms with Crippen LogP contribution in [-0.2, 0) is 6.42 Å². The Kier molecular flexibility index (Phi) is 4.46. The summed E-state index contributed by atoms with van der Waals surface area (Å²) in [6, 6.07) is 10.1. The number of aryl methyl sites for hydroxylation is 1. The summed E-state index contributed by atoms with van der Waals surface area (Å²) in [5.41, 5.74) is 4.45. The number of anilines is 1. The zero-order valence-electron chi connectivity index (χ0n) is 15.2. The molecule has 1 atom stereocenters. The summed E-state index contributed by atoms with van der Waals surface area (Å²) in [5.74, 6) is 2.15. The van der Waals surface area contributed by atoms with E-state index in [2.05, 4.69) is 36.3 Å². The third-order valence-electron chi connectivity index (χ3n) is 5.05. The topological polar surface area (TPSA) is 43.0 Å². The fourth-order valence-corrected chi connectivity index (χ4v) is 4.09. The molecule has 2 aliphatic rings. The van der Waals surface area contributed by atoms with Gasteiger partial charge in [0, 0.05) is 17.8 Å². The van der Waals surface area contributed by atoms with E-state index < -0.39 is 0 Å². The predicted octanol–water partition coefficient (Wildman–Crippen LogP) is 3.70. The third-order valence-corrected chi connectivity index (χ3v) is 5.37. The Bertz CT molecular complexity index is 868. The lowest BCUT2D eigenvalue weighted by Crippen LogP contribution is -2.39. The van der Waals surface area contributed by atoms with E-state index in [-0.39, 0.29) is 12.8 Å². The standard InChI is InChI=1S/C20H22N2O3S/c1-12-6-4-5-7-14(12)21-20(26)17-16-13(8-9-22(17)2)10-15-18(19(16)23-3)25-11-24-15/h4-7,10,17H,8-9,11H2,1-3H3,(H,21,26)/t17-/m1/s1. The van der Waals surface area contributed by atoms with Crippen LogP contribution in [0.1, 0.15) is 22.7 Å². The number of para-hydroxylation sites is 1. The van der Waals surface area contributed by atoms with Gasteiger partial charge in [0.1, 0.15) is 4.99 Å². The molecule has 2 heterocycles. The molecule has 4 rings (SSSR count). The maximum absolute atomic E-state index is 5.82. The van der Waals surface area contributed by atoms with Crippen molar-refractivity contribution < 1.29 is 14.2 Å². The van der Waals surface area contributed by atoms with Crippen molar-refractivity contribution in [2.75, 3.05) is 32.8 Å². The number of nitrogens with one attached hydrogen (secondary N) is 1. The van der Waals surface area contributed by atoms with Gasteiger partial charge in [-0.2, -0.15) is 0 Å². The van der Waals surface area contributed by atoms with Gasteiger partial charge in [-0.1, -0.05) is 30.4 Å². The van der Waals surface area contributed by atoms with Crippen molar-refractivity contribution in [1.82, 2.24) is 4.90 Å². The van der Waals surface area contributed by atoms with E-state index in [0.29, 0.717) is 5.75 Å². The van der Waals surface area contributed by atoms with E-state index in [9.17, 15) is 0 Å². The van der Waals surface area contributed by atoms with E-state index in [1.807, 2.05) is 18.2 Å². The number of thiocarbonyl (C=S) groups is 1. The zero-order valence-corrected chi connectivity index (χ0v) is 16.0. The summed E-state index contributed by atoms with van der Waals surface area (Å²) in [5, 5.41) is 3.43. The van der Waals surface area contributed by atoms with Gasteiger partial charge in [0.2, 0.25) is 12.5 Å². The van der Waals surface area contributed by atoms with Crippen molar-refractivity contribution in [1.29, 1.82) is 0 Å². The van der Waals surface area contributed by atoms with E-state index in [4.69, 9.17) is 26.4 Å². The van der Waals surface area contributed by atoms with Gasteiger partial charge in [-0.25, -0.2) is 0 Å². The molecule has 0 unspecified atom stereocenters. The van der Waals surface area contributed by atoms with Crippen molar-refractivity contribution in [2.24, 2.45) is 0 Å². The van der Waals surface area contributed by atoms with Crippen LogP contribution in [0.15, 0.2) is 30.3 Å². The van der Waals surface area contributed by atoms with Gasteiger partial charge in [0.05, 0.1) is 13.2 Å². The number of likely N-dealkylation sites (N-methyl/N-ethyl adjacent to an activating group) is 1. The number of benzene rings is 2. The van der Waals surface area contributed by atoms with Crippen LogP contribution in [0.4, 0.5) is 5.69 Å². The first kappa shape index (κ1) is 17.1. The molecule has 26 heavy (non-hydrogen) atoms. The second-order valence-electron chi connectivity index (χ2n) is 6.65. The summed E-state index contributed by atoms with van der Waals surface area (Å²) >= 11 is 5.82. The Labute approximate surface area is 158 Å². The predicted molar refractivity (Wildman–Crippen MR) is 106 cm³/mol. The van der Waals surface area contributed by atoms with Crippen LogP contribution < -0.4 is 19.5 Å². The van der Waals surface area contributed by atoms with Crippen LogP contribution in [0.2, 0.25) is 0 Å². The molecule has 2 aliphatic heterocycles. The fraction of sp³-hybridized carbons (Fsp3) is 0.350. The average molecular weight is 370 g/mol. The second-order valence-corrected chi connectivity index (χ2v) is 7.09. The molecule has 0 saturated carbocycles. The van der Waals surface area contributed by atoms with Crippen molar-refractivity contribution in [2.45, 2.75) is 19.4 Å². The van der Waals surface area contributed by atoms with Gasteiger partial charge in [0.25, 0.3) is 0 Å². The Morgan fingerprint density at radius 1 is 1.31 bits per heavy atom. The number of rotatable bonds is 3. The Morgan fingerprint density at radius 2 is 2.12 bits per heavy atom. The quantitative estimate of drug-likeness (QED) is 0.831. The van der Waals surface area contributed by atoms with Crippen LogP contribution in [0.3, 0.4) is 0 Å². The van der Waals surface area contributed by atoms with E-state index in [1.165, 1.54) is 5.56 Å². The molecule has 0 fully saturated rings. The summed E-state index contributed by atoms with van der Waals surface area (Å²) < 4.78 is 17.0. The molecule has 2 aromatic carbocycles. The maximum Gasteiger partial charge on any atom is 0.231 e. The number of fused-ring (bicyclic) bond motifs is 2. The van der Waals surface area contributed by atoms with Crippen LogP contribution in [-0.4, -0.2) is 37.4 Å². The van der Waals surface area contributed by atoms with Gasteiger partial charge < -0.3 is 19.5 Å². The lowest BCUT2D eigenvalue weighted by molar-refractivity contribution is 0.171. The minimum Gasteiger partial charge on any atom is -0.492 e. The second kappa shape index (κ2) is 6.78. The molecule has 0 bridgehead atoms. The number of nitrogens with zero attached hydrogens (tertiary/aromatic N) is 1. The number of hydrogen-bond donors (Lipinski definition) is 1. The monoisotopic (exact) mass is 370 g/mol. The van der Waals surface area contributed by atoms with Crippen molar-refractivity contribution in [3.63, 3.8) is 0 Å². The third kappa shape index (κ3) is 2.79. The maximum atomic E-state index is 5.82. The molecule has 1 N–H and O–H groups in total. The van der Waals surface area contributed by atoms with Crippen LogP contribution in [0.25, 0.3) is 0 Å². The molecule has 6 heteroatoms. The Hall–Kier alpha value is -2.31. The summed E-state index contributed by atoms with van der Waals surface area (Å²) in [4.78, 5) is 3.00. The largest absolute Gasteiger partial charge is 0.492 e. The van der Waals surface area contributed by atoms with Gasteiger partial charge >= 0.3 is 0 Å². The Balaban J connectivity index is 1.76. The van der Waals surface area contributed by atoms with Crippen LogP contribution in [0.5, 0.6) is 17.2 Å². The smallest absolute Gasteiger partial charge is 0.231 e. The molecule has 0 saturated heterocycles. The lowest BCUT2D eigenvalue weighted by Gasteiger charge is -2.36. The lowest BCUT2D eigenvalue weighted by atomic mass is 9.90. The van der Waals surface area contributed by atoms with E-state index in [1.54, 1.807) is 7.11 Å². The number of hydrogen-bond acceptors (Lipinski definition) is 5. The van der Waals surface area contributed by atoms with E-state index >= 15 is 0 Å². The van der Waals surface area contributed by atoms with Gasteiger partial charge in [-0.3, -0.25) is 4.90 Å². The molecule has 0 spiro atoms. The molecular formula is C20H22N2O3S. The number of ether oxygens (including phenoxy) is 3. The molecule has 0 amide bonds. The summed E-state index contributed by atoms with van der Waals surface area (Å²) in [6.07, 6.45) is 0.919. The fourth-order valence-electron chi connectivity index (χ4n) is 3.68. The van der Waals surface area contributed by atoms with Gasteiger partial charge in [-0.05, 0) is 43.7 Å². The highest BCUT2D eigenvalue weighted by atomic mass is 32.1. The minimum absolute atomic E-state index is 0.0854. The van der Waals surface area contributed by atoms with Crippen LogP contribution in [0, 0.1) is 6.92 Å². The molecule has 0 aliphatic carbocycles. The molecular weight excluding hydrogens is 348 g/mol. The van der Waals surface area contributed by atoms with Crippen molar-refractivity contribution in [3.05, 3.63) is 47.0 Å². The first-order valence-electron chi connectivity index (χ1n) is 8.66. The number of methoxy groups -OCH3 is 1. The highest BCUT2D eigenvalue weighted by Gasteiger charge is 2.36. The highest BCUT2D eigenvalue weighted by Crippen LogP contribution is 2.49. The first-order valence-corrected chi connectivity index (χ1v) is 9.07. The summed E-state index contributed by atoms with van der Waals surface area (Å²) in [6.45, 7) is 3.21.